The molecule has 0 aliphatic carbocycles. The Labute approximate surface area is 178 Å². The number of aryl methyl sites for hydroxylation is 3. The predicted molar refractivity (Wildman–Crippen MR) is 116 cm³/mol. The summed E-state index contributed by atoms with van der Waals surface area (Å²) in [5, 5.41) is 0. The van der Waals surface area contributed by atoms with Gasteiger partial charge in [0.25, 0.3) is 0 Å². The highest BCUT2D eigenvalue weighted by Crippen LogP contribution is 2.31. The number of hydrogen-bond acceptors (Lipinski definition) is 3. The lowest BCUT2D eigenvalue weighted by Gasteiger charge is -2.24. The van der Waals surface area contributed by atoms with E-state index in [2.05, 4.69) is 30.5 Å². The van der Waals surface area contributed by atoms with Crippen molar-refractivity contribution in [2.45, 2.75) is 51.0 Å². The van der Waals surface area contributed by atoms with Crippen LogP contribution in [0.5, 0.6) is 0 Å². The van der Waals surface area contributed by atoms with Gasteiger partial charge in [0, 0.05) is 19.4 Å². The van der Waals surface area contributed by atoms with Crippen LogP contribution in [0, 0.1) is 19.7 Å². The van der Waals surface area contributed by atoms with Crippen LogP contribution in [-0.2, 0) is 22.5 Å². The van der Waals surface area contributed by atoms with E-state index >= 15 is 0 Å². The molecular formula is C23H28FN3O2S. The van der Waals surface area contributed by atoms with Crippen LogP contribution in [0.4, 0.5) is 4.39 Å². The molecular weight excluding hydrogens is 401 g/mol. The molecule has 0 radical (unpaired) electrons. The van der Waals surface area contributed by atoms with Crippen molar-refractivity contribution < 1.29 is 12.8 Å². The maximum Gasteiger partial charge on any atom is 0.242 e. The van der Waals surface area contributed by atoms with Gasteiger partial charge in [-0.15, -0.1) is 0 Å². The zero-order valence-electron chi connectivity index (χ0n) is 18.2. The lowest BCUT2D eigenvalue weighted by Crippen LogP contribution is -2.32. The minimum absolute atomic E-state index is 0.0949. The molecule has 3 rings (SSSR count). The molecule has 2 aromatic carbocycles. The number of hydrogen-bond donors (Lipinski definition) is 1. The SMILES string of the molecule is Cc1cc(C(C)(C)C)cc(C)c1S(=O)(=O)NC(c1cccc(F)c1)c1nccn1C. The molecule has 1 heterocycles. The van der Waals surface area contributed by atoms with Crippen LogP contribution >= 0.6 is 0 Å². The van der Waals surface area contributed by atoms with Crippen molar-refractivity contribution in [3.05, 3.63) is 82.7 Å². The Hall–Kier alpha value is -2.51. The highest BCUT2D eigenvalue weighted by atomic mass is 32.2. The normalized spacial score (nSPS) is 13.4. The summed E-state index contributed by atoms with van der Waals surface area (Å²) in [5.41, 5.74) is 2.80. The predicted octanol–water partition coefficient (Wildman–Crippen LogP) is 4.54. The first-order valence-electron chi connectivity index (χ1n) is 9.77. The Morgan fingerprint density at radius 1 is 1.10 bits per heavy atom. The molecule has 1 N–H and O–H groups in total. The summed E-state index contributed by atoms with van der Waals surface area (Å²) in [6.07, 6.45) is 3.31. The second kappa shape index (κ2) is 7.96. The van der Waals surface area contributed by atoms with E-state index in [-0.39, 0.29) is 10.3 Å². The number of benzene rings is 2. The number of imidazole rings is 1. The van der Waals surface area contributed by atoms with E-state index in [9.17, 15) is 12.8 Å². The summed E-state index contributed by atoms with van der Waals surface area (Å²) in [7, 11) is -2.14. The van der Waals surface area contributed by atoms with Crippen molar-refractivity contribution in [1.82, 2.24) is 14.3 Å². The second-order valence-corrected chi connectivity index (χ2v) is 10.3. The summed E-state index contributed by atoms with van der Waals surface area (Å²) < 4.78 is 45.3. The molecule has 1 aromatic heterocycles. The van der Waals surface area contributed by atoms with Gasteiger partial charge in [0.05, 0.1) is 4.90 Å². The second-order valence-electron chi connectivity index (χ2n) is 8.69. The lowest BCUT2D eigenvalue weighted by molar-refractivity contribution is 0.557. The Balaban J connectivity index is 2.10. The minimum atomic E-state index is -3.91. The van der Waals surface area contributed by atoms with E-state index in [0.717, 1.165) is 5.56 Å². The fourth-order valence-electron chi connectivity index (χ4n) is 3.63. The van der Waals surface area contributed by atoms with Gasteiger partial charge in [-0.05, 0) is 53.6 Å². The largest absolute Gasteiger partial charge is 0.336 e. The van der Waals surface area contributed by atoms with Gasteiger partial charge in [-0.25, -0.2) is 17.8 Å². The quantitative estimate of drug-likeness (QED) is 0.648. The molecule has 160 valence electrons. The molecule has 30 heavy (non-hydrogen) atoms. The molecule has 0 bridgehead atoms. The molecule has 0 saturated carbocycles. The van der Waals surface area contributed by atoms with Crippen molar-refractivity contribution >= 4 is 10.0 Å². The molecule has 0 spiro atoms. The third kappa shape index (κ3) is 4.47. The van der Waals surface area contributed by atoms with Crippen LogP contribution in [-0.4, -0.2) is 18.0 Å². The monoisotopic (exact) mass is 429 g/mol. The van der Waals surface area contributed by atoms with E-state index in [1.165, 1.54) is 12.1 Å². The molecule has 0 aliphatic rings. The van der Waals surface area contributed by atoms with Gasteiger partial charge >= 0.3 is 0 Å². The van der Waals surface area contributed by atoms with Crippen LogP contribution in [0.3, 0.4) is 0 Å². The van der Waals surface area contributed by atoms with E-state index in [0.29, 0.717) is 22.5 Å². The first kappa shape index (κ1) is 22.2. The maximum atomic E-state index is 13.9. The molecule has 3 aromatic rings. The average molecular weight is 430 g/mol. The van der Waals surface area contributed by atoms with Gasteiger partial charge < -0.3 is 4.57 Å². The highest BCUT2D eigenvalue weighted by molar-refractivity contribution is 7.89. The molecule has 5 nitrogen and oxygen atoms in total. The van der Waals surface area contributed by atoms with Gasteiger partial charge in [-0.2, -0.15) is 4.72 Å². The topological polar surface area (TPSA) is 64.0 Å². The van der Waals surface area contributed by atoms with Gasteiger partial charge in [0.15, 0.2) is 0 Å². The van der Waals surface area contributed by atoms with E-state index in [1.54, 1.807) is 50.0 Å². The molecule has 0 fully saturated rings. The standard InChI is InChI=1S/C23H28FN3O2S/c1-15-12-18(23(3,4)5)13-16(2)21(15)30(28,29)26-20(22-25-10-11-27(22)6)17-8-7-9-19(24)14-17/h7-14,20,26H,1-6H3. The Morgan fingerprint density at radius 3 is 2.23 bits per heavy atom. The number of rotatable bonds is 5. The number of nitrogens with one attached hydrogen (secondary N) is 1. The van der Waals surface area contributed by atoms with Crippen LogP contribution in [0.2, 0.25) is 0 Å². The fraction of sp³-hybridized carbons (Fsp3) is 0.348. The summed E-state index contributed by atoms with van der Waals surface area (Å²) in [6, 6.07) is 8.90. The number of nitrogens with zero attached hydrogens (tertiary/aromatic N) is 2. The van der Waals surface area contributed by atoms with Crippen molar-refractivity contribution in [1.29, 1.82) is 0 Å². The number of sulfonamides is 1. The third-order valence-electron chi connectivity index (χ3n) is 5.17. The van der Waals surface area contributed by atoms with E-state index in [4.69, 9.17) is 0 Å². The van der Waals surface area contributed by atoms with E-state index < -0.39 is 21.9 Å². The molecule has 1 unspecified atom stereocenters. The number of halogens is 1. The van der Waals surface area contributed by atoms with Gasteiger partial charge in [-0.3, -0.25) is 0 Å². The lowest BCUT2D eigenvalue weighted by atomic mass is 9.85. The van der Waals surface area contributed by atoms with Gasteiger partial charge in [0.1, 0.15) is 17.7 Å². The van der Waals surface area contributed by atoms with Gasteiger partial charge in [-0.1, -0.05) is 45.0 Å². The van der Waals surface area contributed by atoms with Crippen LogP contribution in [0.25, 0.3) is 0 Å². The molecule has 1 atom stereocenters. The molecule has 0 aliphatic heterocycles. The Bertz CT molecular complexity index is 1150. The number of aromatic nitrogens is 2. The Kier molecular flexibility index (Phi) is 5.89. The first-order valence-corrected chi connectivity index (χ1v) is 11.2. The smallest absolute Gasteiger partial charge is 0.242 e. The zero-order valence-corrected chi connectivity index (χ0v) is 19.0. The zero-order chi connectivity index (χ0) is 22.3. The summed E-state index contributed by atoms with van der Waals surface area (Å²) in [5.74, 6) is 0.0404. The molecule has 7 heteroatoms. The summed E-state index contributed by atoms with van der Waals surface area (Å²) in [4.78, 5) is 4.55. The van der Waals surface area contributed by atoms with Gasteiger partial charge in [0.2, 0.25) is 10.0 Å². The summed E-state index contributed by atoms with van der Waals surface area (Å²) in [6.45, 7) is 9.88. The summed E-state index contributed by atoms with van der Waals surface area (Å²) >= 11 is 0. The van der Waals surface area contributed by atoms with Crippen molar-refractivity contribution in [2.24, 2.45) is 7.05 Å². The maximum absolute atomic E-state index is 13.9. The fourth-order valence-corrected chi connectivity index (χ4v) is 5.27. The van der Waals surface area contributed by atoms with Crippen molar-refractivity contribution in [2.75, 3.05) is 0 Å². The van der Waals surface area contributed by atoms with Crippen molar-refractivity contribution in [3.63, 3.8) is 0 Å². The first-order chi connectivity index (χ1) is 13.9. The van der Waals surface area contributed by atoms with Crippen molar-refractivity contribution in [3.8, 4) is 0 Å². The highest BCUT2D eigenvalue weighted by Gasteiger charge is 2.29. The third-order valence-corrected chi connectivity index (χ3v) is 6.89. The Morgan fingerprint density at radius 2 is 1.73 bits per heavy atom. The van der Waals surface area contributed by atoms with Crippen LogP contribution in [0.1, 0.15) is 54.9 Å². The average Bonchev–Trinajstić information content (AvgIpc) is 3.04. The van der Waals surface area contributed by atoms with Crippen LogP contribution < -0.4 is 4.72 Å². The van der Waals surface area contributed by atoms with Crippen LogP contribution in [0.15, 0.2) is 53.7 Å². The molecule has 0 saturated heterocycles. The van der Waals surface area contributed by atoms with E-state index in [1.807, 2.05) is 12.1 Å². The molecule has 0 amide bonds. The minimum Gasteiger partial charge on any atom is -0.336 e.